The van der Waals surface area contributed by atoms with Crippen LogP contribution in [0.1, 0.15) is 12.5 Å². The highest BCUT2D eigenvalue weighted by molar-refractivity contribution is 6.22. The summed E-state index contributed by atoms with van der Waals surface area (Å²) in [5.74, 6) is 1.00. The van der Waals surface area contributed by atoms with Crippen LogP contribution < -0.4 is 5.32 Å². The first-order valence-electron chi connectivity index (χ1n) is 6.02. The molecular weight excluding hydrogens is 265 g/mol. The second-order valence-corrected chi connectivity index (χ2v) is 5.35. The molecule has 0 unspecified atom stereocenters. The van der Waals surface area contributed by atoms with Gasteiger partial charge in [0.15, 0.2) is 0 Å². The van der Waals surface area contributed by atoms with Gasteiger partial charge in [0.25, 0.3) is 0 Å². The summed E-state index contributed by atoms with van der Waals surface area (Å²) in [7, 11) is 0. The molecule has 3 heteroatoms. The van der Waals surface area contributed by atoms with Crippen LogP contribution in [0.3, 0.4) is 0 Å². The molecule has 0 spiro atoms. The van der Waals surface area contributed by atoms with Gasteiger partial charge in [-0.3, -0.25) is 0 Å². The molecule has 0 aliphatic carbocycles. The summed E-state index contributed by atoms with van der Waals surface area (Å²) in [5.41, 5.74) is 1.05. The average molecular weight is 282 g/mol. The van der Waals surface area contributed by atoms with Crippen molar-refractivity contribution in [2.45, 2.75) is 19.0 Å². The van der Waals surface area contributed by atoms with Crippen molar-refractivity contribution in [3.8, 4) is 0 Å². The molecule has 0 saturated heterocycles. The van der Waals surface area contributed by atoms with E-state index in [-0.39, 0.29) is 5.54 Å². The predicted octanol–water partition coefficient (Wildman–Crippen LogP) is 4.17. The van der Waals surface area contributed by atoms with E-state index in [9.17, 15) is 0 Å². The van der Waals surface area contributed by atoms with Crippen molar-refractivity contribution in [2.24, 2.45) is 0 Å². The van der Waals surface area contributed by atoms with Crippen molar-refractivity contribution in [2.75, 3.05) is 11.8 Å². The van der Waals surface area contributed by atoms with Gasteiger partial charge in [0.2, 0.25) is 0 Å². The van der Waals surface area contributed by atoms with Crippen LogP contribution in [0.15, 0.2) is 42.5 Å². The smallest absolute Gasteiger partial charge is 0.0427 e. The van der Waals surface area contributed by atoms with Crippen molar-refractivity contribution >= 4 is 34.0 Å². The predicted molar refractivity (Wildman–Crippen MR) is 80.6 cm³/mol. The number of rotatable bonds is 5. The van der Waals surface area contributed by atoms with Crippen LogP contribution >= 0.6 is 23.2 Å². The van der Waals surface area contributed by atoms with E-state index in [0.717, 1.165) is 6.54 Å². The van der Waals surface area contributed by atoms with Gasteiger partial charge in [-0.2, -0.15) is 0 Å². The number of benzene rings is 2. The molecule has 0 aliphatic heterocycles. The van der Waals surface area contributed by atoms with E-state index in [1.807, 2.05) is 6.92 Å². The van der Waals surface area contributed by atoms with Crippen molar-refractivity contribution in [1.82, 2.24) is 5.32 Å². The molecule has 96 valence electrons. The lowest BCUT2D eigenvalue weighted by Crippen LogP contribution is -2.45. The molecule has 2 rings (SSSR count). The molecule has 1 nitrogen and oxygen atoms in total. The minimum absolute atomic E-state index is 0.222. The SMILES string of the molecule is CC(CCl)(CCl)NCc1cccc2ccccc12. The Hall–Kier alpha value is -0.760. The van der Waals surface area contributed by atoms with Gasteiger partial charge in [0.05, 0.1) is 0 Å². The molecule has 0 radical (unpaired) electrons. The van der Waals surface area contributed by atoms with Gasteiger partial charge in [-0.15, -0.1) is 23.2 Å². The maximum atomic E-state index is 5.95. The molecule has 0 fully saturated rings. The first-order valence-corrected chi connectivity index (χ1v) is 7.09. The Kier molecular flexibility index (Phi) is 4.50. The zero-order valence-corrected chi connectivity index (χ0v) is 11.9. The standard InChI is InChI=1S/C15H17Cl2N/c1-15(10-16,11-17)18-9-13-7-4-6-12-5-2-3-8-14(12)13/h2-8,18H,9-11H2,1H3. The van der Waals surface area contributed by atoms with Gasteiger partial charge in [-0.05, 0) is 23.3 Å². The Labute approximate surface area is 118 Å². The molecule has 0 bridgehead atoms. The van der Waals surface area contributed by atoms with E-state index < -0.39 is 0 Å². The third-order valence-electron chi connectivity index (χ3n) is 3.18. The number of hydrogen-bond donors (Lipinski definition) is 1. The van der Waals surface area contributed by atoms with Gasteiger partial charge in [-0.1, -0.05) is 42.5 Å². The molecule has 0 atom stereocenters. The molecule has 0 heterocycles. The van der Waals surface area contributed by atoms with Gasteiger partial charge < -0.3 is 5.32 Å². The Morgan fingerprint density at radius 3 is 2.39 bits per heavy atom. The van der Waals surface area contributed by atoms with E-state index >= 15 is 0 Å². The molecule has 0 aliphatic rings. The fraction of sp³-hybridized carbons (Fsp3) is 0.333. The number of halogens is 2. The Balaban J connectivity index is 2.22. The monoisotopic (exact) mass is 281 g/mol. The fourth-order valence-corrected chi connectivity index (χ4v) is 2.36. The number of alkyl halides is 2. The zero-order chi connectivity index (χ0) is 13.0. The Bertz CT molecular complexity index is 515. The van der Waals surface area contributed by atoms with Crippen LogP contribution in [-0.2, 0) is 6.54 Å². The van der Waals surface area contributed by atoms with Crippen LogP contribution in [0.2, 0.25) is 0 Å². The number of hydrogen-bond acceptors (Lipinski definition) is 1. The minimum Gasteiger partial charge on any atom is -0.305 e. The minimum atomic E-state index is -0.222. The lowest BCUT2D eigenvalue weighted by molar-refractivity contribution is 0.436. The molecular formula is C15H17Cl2N. The molecule has 0 saturated carbocycles. The molecule has 2 aromatic carbocycles. The highest BCUT2D eigenvalue weighted by Gasteiger charge is 2.21. The topological polar surface area (TPSA) is 12.0 Å². The number of fused-ring (bicyclic) bond motifs is 1. The van der Waals surface area contributed by atoms with E-state index in [2.05, 4.69) is 47.8 Å². The van der Waals surface area contributed by atoms with E-state index in [1.54, 1.807) is 0 Å². The number of nitrogens with one attached hydrogen (secondary N) is 1. The van der Waals surface area contributed by atoms with Crippen LogP contribution in [-0.4, -0.2) is 17.3 Å². The third kappa shape index (κ3) is 2.97. The maximum absolute atomic E-state index is 5.95. The van der Waals surface area contributed by atoms with Crippen LogP contribution in [0.5, 0.6) is 0 Å². The summed E-state index contributed by atoms with van der Waals surface area (Å²) in [6.45, 7) is 2.81. The average Bonchev–Trinajstić information content (AvgIpc) is 2.44. The summed E-state index contributed by atoms with van der Waals surface area (Å²) >= 11 is 11.9. The van der Waals surface area contributed by atoms with E-state index in [4.69, 9.17) is 23.2 Å². The lowest BCUT2D eigenvalue weighted by Gasteiger charge is -2.26. The van der Waals surface area contributed by atoms with Crippen molar-refractivity contribution in [3.05, 3.63) is 48.0 Å². The van der Waals surface area contributed by atoms with Crippen LogP contribution in [0.25, 0.3) is 10.8 Å². The van der Waals surface area contributed by atoms with Crippen LogP contribution in [0, 0.1) is 0 Å². The fourth-order valence-electron chi connectivity index (χ4n) is 1.89. The summed E-state index contributed by atoms with van der Waals surface area (Å²) in [4.78, 5) is 0. The van der Waals surface area contributed by atoms with Gasteiger partial charge in [-0.25, -0.2) is 0 Å². The normalized spacial score (nSPS) is 11.9. The van der Waals surface area contributed by atoms with Crippen molar-refractivity contribution < 1.29 is 0 Å². The first-order chi connectivity index (χ1) is 8.68. The molecule has 18 heavy (non-hydrogen) atoms. The highest BCUT2D eigenvalue weighted by atomic mass is 35.5. The second-order valence-electron chi connectivity index (χ2n) is 4.82. The van der Waals surface area contributed by atoms with Gasteiger partial charge in [0, 0.05) is 23.8 Å². The van der Waals surface area contributed by atoms with Crippen molar-refractivity contribution in [3.63, 3.8) is 0 Å². The van der Waals surface area contributed by atoms with E-state index in [0.29, 0.717) is 11.8 Å². The Morgan fingerprint density at radius 1 is 1.00 bits per heavy atom. The molecule has 0 amide bonds. The molecule has 1 N–H and O–H groups in total. The summed E-state index contributed by atoms with van der Waals surface area (Å²) in [5, 5.41) is 5.98. The largest absolute Gasteiger partial charge is 0.305 e. The first kappa shape index (κ1) is 13.7. The lowest BCUT2D eigenvalue weighted by atomic mass is 10.0. The third-order valence-corrected chi connectivity index (χ3v) is 4.36. The van der Waals surface area contributed by atoms with E-state index in [1.165, 1.54) is 16.3 Å². The summed E-state index contributed by atoms with van der Waals surface area (Å²) < 4.78 is 0. The zero-order valence-electron chi connectivity index (χ0n) is 10.4. The quantitative estimate of drug-likeness (QED) is 0.812. The van der Waals surface area contributed by atoms with Crippen molar-refractivity contribution in [1.29, 1.82) is 0 Å². The Morgan fingerprint density at radius 2 is 1.67 bits per heavy atom. The highest BCUT2D eigenvalue weighted by Crippen LogP contribution is 2.19. The molecule has 2 aromatic rings. The second kappa shape index (κ2) is 5.92. The van der Waals surface area contributed by atoms with Gasteiger partial charge >= 0.3 is 0 Å². The molecule has 0 aromatic heterocycles. The van der Waals surface area contributed by atoms with Gasteiger partial charge in [0.1, 0.15) is 0 Å². The summed E-state index contributed by atoms with van der Waals surface area (Å²) in [6, 6.07) is 14.7. The van der Waals surface area contributed by atoms with Crippen LogP contribution in [0.4, 0.5) is 0 Å². The summed E-state index contributed by atoms with van der Waals surface area (Å²) in [6.07, 6.45) is 0. The maximum Gasteiger partial charge on any atom is 0.0427 e.